The molecule has 0 aliphatic carbocycles. The van der Waals surface area contributed by atoms with E-state index < -0.39 is 17.7 Å². The van der Waals surface area contributed by atoms with Crippen molar-refractivity contribution in [1.82, 2.24) is 4.90 Å². The van der Waals surface area contributed by atoms with Crippen LogP contribution < -0.4 is 4.74 Å². The van der Waals surface area contributed by atoms with Crippen LogP contribution in [0.1, 0.15) is 23.4 Å². The van der Waals surface area contributed by atoms with Crippen LogP contribution in [0, 0.1) is 0 Å². The molecule has 1 fully saturated rings. The van der Waals surface area contributed by atoms with Crippen LogP contribution in [0.3, 0.4) is 0 Å². The quantitative estimate of drug-likeness (QED) is 0.448. The van der Waals surface area contributed by atoms with E-state index in [1.54, 1.807) is 24.3 Å². The minimum atomic E-state index is -0.691. The van der Waals surface area contributed by atoms with Crippen LogP contribution in [-0.4, -0.2) is 48.6 Å². The molecule has 0 unspecified atom stereocenters. The molecule has 1 atom stereocenters. The van der Waals surface area contributed by atoms with Gasteiger partial charge in [0.2, 0.25) is 0 Å². The first-order valence-electron chi connectivity index (χ1n) is 8.62. The number of amides is 1. The smallest absolute Gasteiger partial charge is 0.295 e. The van der Waals surface area contributed by atoms with Gasteiger partial charge in [-0.15, -0.1) is 11.3 Å². The van der Waals surface area contributed by atoms with Gasteiger partial charge in [0, 0.05) is 24.1 Å². The molecular formula is C20H21NO5S. The third-order valence-corrected chi connectivity index (χ3v) is 5.23. The van der Waals surface area contributed by atoms with Gasteiger partial charge in [0.25, 0.3) is 11.7 Å². The molecule has 6 nitrogen and oxygen atoms in total. The Balaban J connectivity index is 2.10. The lowest BCUT2D eigenvalue weighted by molar-refractivity contribution is -0.140. The van der Waals surface area contributed by atoms with Gasteiger partial charge < -0.3 is 19.5 Å². The lowest BCUT2D eigenvalue weighted by Gasteiger charge is -2.23. The average molecular weight is 387 g/mol. The van der Waals surface area contributed by atoms with Crippen molar-refractivity contribution in [3.8, 4) is 5.75 Å². The molecule has 7 heteroatoms. The highest BCUT2D eigenvalue weighted by Crippen LogP contribution is 2.41. The van der Waals surface area contributed by atoms with E-state index in [1.165, 1.54) is 23.3 Å². The highest BCUT2D eigenvalue weighted by atomic mass is 32.1. The van der Waals surface area contributed by atoms with E-state index in [9.17, 15) is 14.7 Å². The molecule has 0 spiro atoms. The van der Waals surface area contributed by atoms with Crippen molar-refractivity contribution in [1.29, 1.82) is 0 Å². The van der Waals surface area contributed by atoms with Crippen LogP contribution in [0.4, 0.5) is 0 Å². The number of methoxy groups -OCH3 is 1. The Morgan fingerprint density at radius 3 is 2.74 bits per heavy atom. The Morgan fingerprint density at radius 2 is 2.07 bits per heavy atom. The van der Waals surface area contributed by atoms with Gasteiger partial charge in [-0.25, -0.2) is 0 Å². The van der Waals surface area contributed by atoms with Crippen molar-refractivity contribution in [3.63, 3.8) is 0 Å². The fraction of sp³-hybridized carbons (Fsp3) is 0.300. The van der Waals surface area contributed by atoms with Gasteiger partial charge in [0.1, 0.15) is 11.5 Å². The standard InChI is InChI=1S/C20H21NO5S/c1-3-26-14-7-4-6-13(12-14)18(22)16-17(15-8-5-11-27-15)21(9-10-25-2)20(24)19(16)23/h4-8,11-12,17,22H,3,9-10H2,1-2H3/t17-/m1/s1. The predicted molar refractivity (Wildman–Crippen MR) is 103 cm³/mol. The Bertz CT molecular complexity index is 859. The molecule has 27 heavy (non-hydrogen) atoms. The number of ether oxygens (including phenoxy) is 2. The minimum Gasteiger partial charge on any atom is -0.507 e. The van der Waals surface area contributed by atoms with Crippen LogP contribution in [0.15, 0.2) is 47.4 Å². The van der Waals surface area contributed by atoms with Gasteiger partial charge in [0.05, 0.1) is 24.8 Å². The maximum atomic E-state index is 12.7. The second kappa shape index (κ2) is 8.37. The van der Waals surface area contributed by atoms with E-state index in [1.807, 2.05) is 24.4 Å². The molecule has 1 aliphatic rings. The first kappa shape index (κ1) is 19.1. The number of carbonyl (C=O) groups is 2. The Hall–Kier alpha value is -2.64. The highest BCUT2D eigenvalue weighted by molar-refractivity contribution is 7.10. The monoisotopic (exact) mass is 387 g/mol. The number of thiophene rings is 1. The molecule has 1 aliphatic heterocycles. The Kier molecular flexibility index (Phi) is 5.93. The summed E-state index contributed by atoms with van der Waals surface area (Å²) in [5, 5.41) is 12.8. The van der Waals surface area contributed by atoms with Gasteiger partial charge in [-0.1, -0.05) is 18.2 Å². The number of nitrogens with zero attached hydrogens (tertiary/aromatic N) is 1. The second-order valence-corrected chi connectivity index (χ2v) is 6.94. The molecule has 0 radical (unpaired) electrons. The number of hydrogen-bond acceptors (Lipinski definition) is 6. The SMILES string of the molecule is CCOc1cccc(C(O)=C2C(=O)C(=O)N(CCOC)[C@@H]2c2cccs2)c1. The molecule has 1 N–H and O–H groups in total. The fourth-order valence-corrected chi connectivity index (χ4v) is 3.94. The van der Waals surface area contributed by atoms with Gasteiger partial charge in [-0.2, -0.15) is 0 Å². The van der Waals surface area contributed by atoms with Crippen molar-refractivity contribution in [2.75, 3.05) is 26.9 Å². The van der Waals surface area contributed by atoms with E-state index in [2.05, 4.69) is 0 Å². The van der Waals surface area contributed by atoms with E-state index >= 15 is 0 Å². The normalized spacial score (nSPS) is 18.9. The van der Waals surface area contributed by atoms with Gasteiger partial charge in [0.15, 0.2) is 0 Å². The second-order valence-electron chi connectivity index (χ2n) is 5.96. The van der Waals surface area contributed by atoms with Crippen LogP contribution in [0.25, 0.3) is 5.76 Å². The van der Waals surface area contributed by atoms with Crippen molar-refractivity contribution in [2.45, 2.75) is 13.0 Å². The van der Waals surface area contributed by atoms with E-state index in [0.717, 1.165) is 4.88 Å². The van der Waals surface area contributed by atoms with E-state index in [0.29, 0.717) is 24.5 Å². The number of carbonyl (C=O) groups excluding carboxylic acids is 2. The van der Waals surface area contributed by atoms with Crippen molar-refractivity contribution < 1.29 is 24.2 Å². The summed E-state index contributed by atoms with van der Waals surface area (Å²) in [7, 11) is 1.54. The zero-order valence-corrected chi connectivity index (χ0v) is 16.0. The van der Waals surface area contributed by atoms with Gasteiger partial charge in [-0.3, -0.25) is 9.59 Å². The summed E-state index contributed by atoms with van der Waals surface area (Å²) < 4.78 is 10.5. The molecule has 1 aromatic carbocycles. The number of aliphatic hydroxyl groups excluding tert-OH is 1. The zero-order chi connectivity index (χ0) is 19.4. The number of ketones is 1. The van der Waals surface area contributed by atoms with Crippen molar-refractivity contribution in [3.05, 3.63) is 57.8 Å². The van der Waals surface area contributed by atoms with Crippen LogP contribution in [0.2, 0.25) is 0 Å². The topological polar surface area (TPSA) is 76.1 Å². The summed E-state index contributed by atoms with van der Waals surface area (Å²) in [4.78, 5) is 27.6. The van der Waals surface area contributed by atoms with Gasteiger partial charge >= 0.3 is 0 Å². The highest BCUT2D eigenvalue weighted by Gasteiger charge is 2.46. The lowest BCUT2D eigenvalue weighted by atomic mass is 10.00. The van der Waals surface area contributed by atoms with Gasteiger partial charge in [-0.05, 0) is 30.5 Å². The average Bonchev–Trinajstić information content (AvgIpc) is 3.28. The molecular weight excluding hydrogens is 366 g/mol. The van der Waals surface area contributed by atoms with E-state index in [-0.39, 0.29) is 17.9 Å². The summed E-state index contributed by atoms with van der Waals surface area (Å²) in [5.74, 6) is -0.937. The molecule has 0 bridgehead atoms. The number of hydrogen-bond donors (Lipinski definition) is 1. The molecule has 142 valence electrons. The summed E-state index contributed by atoms with van der Waals surface area (Å²) in [5.41, 5.74) is 0.527. The fourth-order valence-electron chi connectivity index (χ4n) is 3.10. The number of likely N-dealkylation sites (tertiary alicyclic amines) is 1. The lowest BCUT2D eigenvalue weighted by Crippen LogP contribution is -2.32. The third-order valence-electron chi connectivity index (χ3n) is 4.31. The molecule has 1 saturated heterocycles. The molecule has 2 heterocycles. The summed E-state index contributed by atoms with van der Waals surface area (Å²) in [6.07, 6.45) is 0. The first-order valence-corrected chi connectivity index (χ1v) is 9.50. The summed E-state index contributed by atoms with van der Waals surface area (Å²) >= 11 is 1.43. The molecule has 3 rings (SSSR count). The number of Topliss-reactive ketones (excluding diaryl/α,β-unsaturated/α-hetero) is 1. The number of rotatable bonds is 7. The number of aliphatic hydroxyl groups is 1. The zero-order valence-electron chi connectivity index (χ0n) is 15.2. The van der Waals surface area contributed by atoms with Crippen molar-refractivity contribution in [2.24, 2.45) is 0 Å². The van der Waals surface area contributed by atoms with Crippen LogP contribution >= 0.6 is 11.3 Å². The first-order chi connectivity index (χ1) is 13.1. The molecule has 2 aromatic rings. The van der Waals surface area contributed by atoms with Crippen molar-refractivity contribution >= 4 is 28.8 Å². The molecule has 1 amide bonds. The maximum Gasteiger partial charge on any atom is 0.295 e. The molecule has 1 aromatic heterocycles. The Labute approximate surface area is 161 Å². The molecule has 0 saturated carbocycles. The number of benzene rings is 1. The third kappa shape index (κ3) is 3.74. The predicted octanol–water partition coefficient (Wildman–Crippen LogP) is 3.21. The summed E-state index contributed by atoms with van der Waals surface area (Å²) in [6.45, 7) is 2.92. The van der Waals surface area contributed by atoms with Crippen LogP contribution in [-0.2, 0) is 14.3 Å². The van der Waals surface area contributed by atoms with Crippen LogP contribution in [0.5, 0.6) is 5.75 Å². The maximum absolute atomic E-state index is 12.7. The minimum absolute atomic E-state index is 0.0900. The van der Waals surface area contributed by atoms with E-state index in [4.69, 9.17) is 9.47 Å². The summed E-state index contributed by atoms with van der Waals surface area (Å²) in [6, 6.07) is 9.93. The largest absolute Gasteiger partial charge is 0.507 e. The Morgan fingerprint density at radius 1 is 1.26 bits per heavy atom.